The first-order chi connectivity index (χ1) is 12.1. The van der Waals surface area contributed by atoms with Crippen molar-refractivity contribution in [2.45, 2.75) is 6.61 Å². The van der Waals surface area contributed by atoms with E-state index >= 15 is 0 Å². The van der Waals surface area contributed by atoms with Gasteiger partial charge < -0.3 is 10.5 Å². The lowest BCUT2D eigenvalue weighted by Gasteiger charge is -2.11. The standard InChI is InChI=1S/C19H16BrN3OS/c20-16-8-9-18(15(10-16)11-22-23-19(21)25)24-12-14-6-3-5-13-4-1-2-7-17(13)14/h1-11H,12H2,(H3,21,23,25)/b22-11-. The van der Waals surface area contributed by atoms with Crippen LogP contribution in [0.2, 0.25) is 0 Å². The van der Waals surface area contributed by atoms with Gasteiger partial charge in [0.25, 0.3) is 0 Å². The summed E-state index contributed by atoms with van der Waals surface area (Å²) >= 11 is 8.20. The monoisotopic (exact) mass is 413 g/mol. The van der Waals surface area contributed by atoms with Gasteiger partial charge in [0, 0.05) is 10.0 Å². The van der Waals surface area contributed by atoms with E-state index in [1.807, 2.05) is 36.4 Å². The molecule has 126 valence electrons. The quantitative estimate of drug-likeness (QED) is 0.370. The van der Waals surface area contributed by atoms with Crippen molar-refractivity contribution in [2.24, 2.45) is 10.8 Å². The van der Waals surface area contributed by atoms with Gasteiger partial charge in [-0.1, -0.05) is 58.4 Å². The van der Waals surface area contributed by atoms with Gasteiger partial charge in [-0.3, -0.25) is 5.43 Å². The van der Waals surface area contributed by atoms with E-state index in [4.69, 9.17) is 22.7 Å². The Kier molecular flexibility index (Phi) is 5.63. The molecule has 0 atom stereocenters. The molecule has 0 aliphatic heterocycles. The number of hydrogen-bond donors (Lipinski definition) is 2. The molecule has 4 nitrogen and oxygen atoms in total. The van der Waals surface area contributed by atoms with Crippen molar-refractivity contribution in [1.29, 1.82) is 0 Å². The van der Waals surface area contributed by atoms with Gasteiger partial charge in [-0.15, -0.1) is 0 Å². The molecule has 0 saturated heterocycles. The first-order valence-corrected chi connectivity index (χ1v) is 8.81. The molecule has 0 heterocycles. The fraction of sp³-hybridized carbons (Fsp3) is 0.0526. The van der Waals surface area contributed by atoms with Crippen LogP contribution < -0.4 is 15.9 Å². The van der Waals surface area contributed by atoms with Gasteiger partial charge >= 0.3 is 0 Å². The van der Waals surface area contributed by atoms with Crippen LogP contribution in [-0.4, -0.2) is 11.3 Å². The van der Waals surface area contributed by atoms with Gasteiger partial charge in [0.05, 0.1) is 6.21 Å². The average Bonchev–Trinajstić information content (AvgIpc) is 2.61. The van der Waals surface area contributed by atoms with Gasteiger partial charge in [-0.2, -0.15) is 5.10 Å². The predicted octanol–water partition coefficient (Wildman–Crippen LogP) is 4.35. The lowest BCUT2D eigenvalue weighted by Crippen LogP contribution is -2.24. The van der Waals surface area contributed by atoms with Gasteiger partial charge in [-0.25, -0.2) is 0 Å². The maximum atomic E-state index is 6.04. The molecule has 0 aliphatic carbocycles. The lowest BCUT2D eigenvalue weighted by molar-refractivity contribution is 0.307. The fourth-order valence-electron chi connectivity index (χ4n) is 2.49. The van der Waals surface area contributed by atoms with Crippen molar-refractivity contribution in [3.63, 3.8) is 0 Å². The molecular formula is C19H16BrN3OS. The summed E-state index contributed by atoms with van der Waals surface area (Å²) in [5.41, 5.74) is 9.87. The highest BCUT2D eigenvalue weighted by molar-refractivity contribution is 9.10. The van der Waals surface area contributed by atoms with Crippen LogP contribution in [0.1, 0.15) is 11.1 Å². The number of nitrogens with two attached hydrogens (primary N) is 1. The Morgan fingerprint density at radius 2 is 1.96 bits per heavy atom. The van der Waals surface area contributed by atoms with Crippen LogP contribution in [0.3, 0.4) is 0 Å². The van der Waals surface area contributed by atoms with Crippen molar-refractivity contribution >= 4 is 50.2 Å². The number of benzene rings is 3. The minimum Gasteiger partial charge on any atom is -0.488 e. The van der Waals surface area contributed by atoms with Crippen LogP contribution in [0, 0.1) is 0 Å². The van der Waals surface area contributed by atoms with Crippen molar-refractivity contribution in [2.75, 3.05) is 0 Å². The maximum absolute atomic E-state index is 6.04. The molecule has 3 aromatic carbocycles. The van der Waals surface area contributed by atoms with Crippen molar-refractivity contribution in [3.05, 3.63) is 76.3 Å². The zero-order valence-electron chi connectivity index (χ0n) is 13.3. The van der Waals surface area contributed by atoms with E-state index in [-0.39, 0.29) is 5.11 Å². The molecule has 0 saturated carbocycles. The second-order valence-electron chi connectivity index (χ2n) is 5.34. The lowest BCUT2D eigenvalue weighted by atomic mass is 10.1. The zero-order chi connectivity index (χ0) is 17.6. The second kappa shape index (κ2) is 8.09. The summed E-state index contributed by atoms with van der Waals surface area (Å²) in [6.07, 6.45) is 1.63. The Balaban J connectivity index is 1.83. The first-order valence-electron chi connectivity index (χ1n) is 7.61. The normalized spacial score (nSPS) is 10.9. The van der Waals surface area contributed by atoms with E-state index in [1.165, 1.54) is 10.8 Å². The van der Waals surface area contributed by atoms with Crippen LogP contribution in [0.5, 0.6) is 5.75 Å². The average molecular weight is 414 g/mol. The molecule has 3 rings (SSSR count). The Morgan fingerprint density at radius 3 is 2.80 bits per heavy atom. The molecule has 6 heteroatoms. The molecule has 0 amide bonds. The number of ether oxygens (including phenoxy) is 1. The number of nitrogens with zero attached hydrogens (tertiary/aromatic N) is 1. The van der Waals surface area contributed by atoms with E-state index in [9.17, 15) is 0 Å². The van der Waals surface area contributed by atoms with E-state index < -0.39 is 0 Å². The Labute approximate surface area is 159 Å². The molecule has 0 spiro atoms. The van der Waals surface area contributed by atoms with Gasteiger partial charge in [0.1, 0.15) is 12.4 Å². The Hall–Kier alpha value is -2.44. The topological polar surface area (TPSA) is 59.6 Å². The molecule has 0 unspecified atom stereocenters. The highest BCUT2D eigenvalue weighted by atomic mass is 79.9. The zero-order valence-corrected chi connectivity index (χ0v) is 15.7. The number of nitrogens with one attached hydrogen (secondary N) is 1. The Morgan fingerprint density at radius 1 is 1.16 bits per heavy atom. The molecule has 0 fully saturated rings. The van der Waals surface area contributed by atoms with Crippen molar-refractivity contribution in [3.8, 4) is 5.75 Å². The maximum Gasteiger partial charge on any atom is 0.184 e. The molecule has 0 aromatic heterocycles. The third kappa shape index (κ3) is 4.55. The smallest absolute Gasteiger partial charge is 0.184 e. The molecule has 0 aliphatic rings. The van der Waals surface area contributed by atoms with E-state index in [2.05, 4.69) is 50.7 Å². The SMILES string of the molecule is NC(=S)N/N=C\c1cc(Br)ccc1OCc1cccc2ccccc12. The Bertz CT molecular complexity index is 938. The van der Waals surface area contributed by atoms with Gasteiger partial charge in [0.2, 0.25) is 0 Å². The van der Waals surface area contributed by atoms with Crippen molar-refractivity contribution < 1.29 is 4.74 Å². The molecule has 25 heavy (non-hydrogen) atoms. The third-order valence-electron chi connectivity index (χ3n) is 3.61. The summed E-state index contributed by atoms with van der Waals surface area (Å²) in [7, 11) is 0. The number of halogens is 1. The van der Waals surface area contributed by atoms with Crippen LogP contribution in [-0.2, 0) is 6.61 Å². The predicted molar refractivity (Wildman–Crippen MR) is 110 cm³/mol. The molecular weight excluding hydrogens is 398 g/mol. The number of hydrogen-bond acceptors (Lipinski definition) is 3. The summed E-state index contributed by atoms with van der Waals surface area (Å²) in [5.74, 6) is 0.727. The van der Waals surface area contributed by atoms with Crippen LogP contribution in [0.25, 0.3) is 10.8 Å². The fourth-order valence-corrected chi connectivity index (χ4v) is 2.92. The summed E-state index contributed by atoms with van der Waals surface area (Å²) < 4.78 is 6.97. The van der Waals surface area contributed by atoms with E-state index in [0.29, 0.717) is 6.61 Å². The molecule has 0 radical (unpaired) electrons. The summed E-state index contributed by atoms with van der Waals surface area (Å²) in [5, 5.41) is 6.50. The summed E-state index contributed by atoms with van der Waals surface area (Å²) in [6, 6.07) is 20.2. The van der Waals surface area contributed by atoms with Crippen LogP contribution in [0.15, 0.2) is 70.2 Å². The number of fused-ring (bicyclic) bond motifs is 1. The summed E-state index contributed by atoms with van der Waals surface area (Å²) in [4.78, 5) is 0. The molecule has 0 bridgehead atoms. The third-order valence-corrected chi connectivity index (χ3v) is 4.20. The van der Waals surface area contributed by atoms with Crippen LogP contribution >= 0.6 is 28.1 Å². The van der Waals surface area contributed by atoms with Gasteiger partial charge in [-0.05, 0) is 46.8 Å². The van der Waals surface area contributed by atoms with E-state index in [1.54, 1.807) is 6.21 Å². The largest absolute Gasteiger partial charge is 0.488 e. The second-order valence-corrected chi connectivity index (χ2v) is 6.70. The minimum atomic E-state index is 0.115. The van der Waals surface area contributed by atoms with Crippen LogP contribution in [0.4, 0.5) is 0 Å². The number of thiocarbonyl (C=S) groups is 1. The molecule has 3 N–H and O–H groups in total. The summed E-state index contributed by atoms with van der Waals surface area (Å²) in [6.45, 7) is 0.465. The minimum absolute atomic E-state index is 0.115. The van der Waals surface area contributed by atoms with Crippen molar-refractivity contribution in [1.82, 2.24) is 5.43 Å². The highest BCUT2D eigenvalue weighted by Gasteiger charge is 2.06. The van der Waals surface area contributed by atoms with Gasteiger partial charge in [0.15, 0.2) is 5.11 Å². The number of hydrazone groups is 1. The first kappa shape index (κ1) is 17.4. The highest BCUT2D eigenvalue weighted by Crippen LogP contribution is 2.25. The number of rotatable bonds is 5. The van der Waals surface area contributed by atoms with E-state index in [0.717, 1.165) is 21.3 Å². The molecule has 3 aromatic rings.